The molecule has 0 bridgehead atoms. The molecule has 2 aromatic carbocycles. The number of nitrogens with two attached hydrogens (primary N) is 1. The molecule has 6 heteroatoms. The Kier molecular flexibility index (Phi) is 4.03. The molecule has 0 aromatic heterocycles. The van der Waals surface area contributed by atoms with Crippen LogP contribution in [0.5, 0.6) is 0 Å². The predicted octanol–water partition coefficient (Wildman–Crippen LogP) is 3.59. The van der Waals surface area contributed by atoms with Gasteiger partial charge in [0, 0.05) is 11.1 Å². The van der Waals surface area contributed by atoms with Crippen LogP contribution >= 0.6 is 0 Å². The van der Waals surface area contributed by atoms with Gasteiger partial charge < -0.3 is 5.73 Å². The van der Waals surface area contributed by atoms with Crippen molar-refractivity contribution in [3.05, 3.63) is 58.7 Å². The van der Waals surface area contributed by atoms with E-state index in [9.17, 15) is 22.8 Å². The molecule has 0 saturated heterocycles. The maximum absolute atomic E-state index is 13.0. The highest BCUT2D eigenvalue weighted by Crippen LogP contribution is 2.35. The van der Waals surface area contributed by atoms with Crippen molar-refractivity contribution in [1.82, 2.24) is 0 Å². The van der Waals surface area contributed by atoms with E-state index in [-0.39, 0.29) is 17.4 Å². The van der Waals surface area contributed by atoms with Gasteiger partial charge in [-0.3, -0.25) is 9.59 Å². The van der Waals surface area contributed by atoms with Crippen molar-refractivity contribution in [3.8, 4) is 11.1 Å². The normalized spacial score (nSPS) is 11.3. The van der Waals surface area contributed by atoms with Crippen LogP contribution in [0.15, 0.2) is 36.4 Å². The number of alkyl halides is 3. The molecule has 2 aromatic rings. The van der Waals surface area contributed by atoms with Gasteiger partial charge in [0.05, 0.1) is 5.56 Å². The van der Waals surface area contributed by atoms with Gasteiger partial charge in [-0.1, -0.05) is 24.3 Å². The van der Waals surface area contributed by atoms with Crippen LogP contribution in [0.1, 0.15) is 31.8 Å². The van der Waals surface area contributed by atoms with E-state index in [1.54, 1.807) is 19.1 Å². The number of carbonyl (C=O) groups is 2. The quantitative estimate of drug-likeness (QED) is 0.881. The van der Waals surface area contributed by atoms with Gasteiger partial charge >= 0.3 is 6.18 Å². The van der Waals surface area contributed by atoms with Crippen molar-refractivity contribution in [2.75, 3.05) is 0 Å². The Labute approximate surface area is 124 Å². The maximum Gasteiger partial charge on any atom is 0.417 e. The summed E-state index contributed by atoms with van der Waals surface area (Å²) in [5.74, 6) is -0.653. The van der Waals surface area contributed by atoms with Gasteiger partial charge in [-0.25, -0.2) is 0 Å². The first-order valence-corrected chi connectivity index (χ1v) is 6.32. The van der Waals surface area contributed by atoms with E-state index >= 15 is 0 Å². The van der Waals surface area contributed by atoms with Crippen molar-refractivity contribution in [1.29, 1.82) is 0 Å². The maximum atomic E-state index is 13.0. The Morgan fingerprint density at radius 3 is 2.41 bits per heavy atom. The Bertz CT molecular complexity index is 752. The molecule has 0 aliphatic heterocycles. The lowest BCUT2D eigenvalue weighted by Gasteiger charge is -2.14. The molecule has 0 radical (unpaired) electrons. The molecule has 0 saturated carbocycles. The molecule has 2 N–H and O–H groups in total. The van der Waals surface area contributed by atoms with Gasteiger partial charge in [0.1, 0.15) is 0 Å². The van der Waals surface area contributed by atoms with Crippen molar-refractivity contribution in [2.24, 2.45) is 5.73 Å². The zero-order valence-electron chi connectivity index (χ0n) is 11.6. The van der Waals surface area contributed by atoms with Gasteiger partial charge in [-0.05, 0) is 35.7 Å². The van der Waals surface area contributed by atoms with Gasteiger partial charge in [0.2, 0.25) is 5.91 Å². The minimum absolute atomic E-state index is 0.166. The summed E-state index contributed by atoms with van der Waals surface area (Å²) >= 11 is 0. The van der Waals surface area contributed by atoms with Crippen LogP contribution in [0.3, 0.4) is 0 Å². The third kappa shape index (κ3) is 2.86. The van der Waals surface area contributed by atoms with E-state index in [2.05, 4.69) is 0 Å². The molecule has 1 amide bonds. The summed E-state index contributed by atoms with van der Waals surface area (Å²) in [6.45, 7) is 1.61. The molecule has 0 fully saturated rings. The number of benzene rings is 2. The molecule has 0 unspecified atom stereocenters. The molecule has 0 spiro atoms. The van der Waals surface area contributed by atoms with E-state index in [1.165, 1.54) is 12.1 Å². The van der Waals surface area contributed by atoms with Crippen molar-refractivity contribution in [2.45, 2.75) is 13.1 Å². The van der Waals surface area contributed by atoms with Gasteiger partial charge in [0.25, 0.3) is 0 Å². The number of aldehydes is 1. The summed E-state index contributed by atoms with van der Waals surface area (Å²) < 4.78 is 39.0. The average Bonchev–Trinajstić information content (AvgIpc) is 2.45. The molecule has 114 valence electrons. The van der Waals surface area contributed by atoms with Gasteiger partial charge in [-0.15, -0.1) is 0 Å². The number of amides is 1. The Morgan fingerprint density at radius 2 is 1.86 bits per heavy atom. The number of primary amides is 1. The summed E-state index contributed by atoms with van der Waals surface area (Å²) in [7, 11) is 0. The third-order valence-corrected chi connectivity index (χ3v) is 3.40. The number of carbonyl (C=O) groups excluding carboxylic acids is 2. The zero-order chi connectivity index (χ0) is 16.5. The monoisotopic (exact) mass is 307 g/mol. The minimum Gasteiger partial charge on any atom is -0.366 e. The summed E-state index contributed by atoms with van der Waals surface area (Å²) in [5.41, 5.74) is 5.25. The molecular formula is C16H12F3NO2. The second-order valence-electron chi connectivity index (χ2n) is 4.76. The molecule has 0 aliphatic carbocycles. The Morgan fingerprint density at radius 1 is 1.18 bits per heavy atom. The summed E-state index contributed by atoms with van der Waals surface area (Å²) in [6, 6.07) is 8.07. The van der Waals surface area contributed by atoms with Crippen LogP contribution in [-0.2, 0) is 6.18 Å². The first-order chi connectivity index (χ1) is 10.3. The van der Waals surface area contributed by atoms with E-state index in [0.29, 0.717) is 11.1 Å². The highest BCUT2D eigenvalue weighted by Gasteiger charge is 2.33. The Balaban J connectivity index is 2.67. The molecule has 22 heavy (non-hydrogen) atoms. The Hall–Kier alpha value is -2.63. The largest absolute Gasteiger partial charge is 0.417 e. The van der Waals surface area contributed by atoms with E-state index in [0.717, 1.165) is 12.1 Å². The van der Waals surface area contributed by atoms with Crippen LogP contribution in [0, 0.1) is 6.92 Å². The highest BCUT2D eigenvalue weighted by atomic mass is 19.4. The summed E-state index contributed by atoms with van der Waals surface area (Å²) in [5, 5.41) is 0. The minimum atomic E-state index is -4.64. The predicted molar refractivity (Wildman–Crippen MR) is 75.5 cm³/mol. The topological polar surface area (TPSA) is 60.2 Å². The SMILES string of the molecule is Cc1c(C(N)=O)cccc1-c1ccc(C=O)c(C(F)(F)F)c1. The third-order valence-electron chi connectivity index (χ3n) is 3.40. The van der Waals surface area contributed by atoms with Crippen LogP contribution in [0.25, 0.3) is 11.1 Å². The van der Waals surface area contributed by atoms with Gasteiger partial charge in [-0.2, -0.15) is 13.2 Å². The van der Waals surface area contributed by atoms with Crippen molar-refractivity contribution < 1.29 is 22.8 Å². The second kappa shape index (κ2) is 5.63. The standard InChI is InChI=1S/C16H12F3NO2/c1-9-12(3-2-4-13(9)15(20)22)10-5-6-11(8-21)14(7-10)16(17,18)19/h2-8H,1H3,(H2,20,22). The lowest BCUT2D eigenvalue weighted by molar-refractivity contribution is -0.137. The van der Waals surface area contributed by atoms with Crippen LogP contribution in [-0.4, -0.2) is 12.2 Å². The molecule has 0 atom stereocenters. The number of halogens is 3. The fourth-order valence-electron chi connectivity index (χ4n) is 2.29. The number of rotatable bonds is 3. The molecule has 2 rings (SSSR count). The molecule has 0 aliphatic rings. The molecule has 3 nitrogen and oxygen atoms in total. The van der Waals surface area contributed by atoms with Crippen molar-refractivity contribution in [3.63, 3.8) is 0 Å². The summed E-state index contributed by atoms with van der Waals surface area (Å²) in [4.78, 5) is 22.1. The molecular weight excluding hydrogens is 295 g/mol. The van der Waals surface area contributed by atoms with Crippen LogP contribution in [0.2, 0.25) is 0 Å². The van der Waals surface area contributed by atoms with Crippen LogP contribution < -0.4 is 5.73 Å². The lowest BCUT2D eigenvalue weighted by atomic mass is 9.93. The number of hydrogen-bond acceptors (Lipinski definition) is 2. The van der Waals surface area contributed by atoms with Gasteiger partial charge in [0.15, 0.2) is 6.29 Å². The van der Waals surface area contributed by atoms with E-state index in [1.807, 2.05) is 0 Å². The fraction of sp³-hybridized carbons (Fsp3) is 0.125. The first kappa shape index (κ1) is 15.8. The smallest absolute Gasteiger partial charge is 0.366 e. The van der Waals surface area contributed by atoms with Crippen molar-refractivity contribution >= 4 is 12.2 Å². The van der Waals surface area contributed by atoms with E-state index in [4.69, 9.17) is 5.73 Å². The fourth-order valence-corrected chi connectivity index (χ4v) is 2.29. The second-order valence-corrected chi connectivity index (χ2v) is 4.76. The first-order valence-electron chi connectivity index (χ1n) is 6.32. The average molecular weight is 307 g/mol. The highest BCUT2D eigenvalue weighted by molar-refractivity contribution is 5.96. The zero-order valence-corrected chi connectivity index (χ0v) is 11.6. The van der Waals surface area contributed by atoms with Crippen LogP contribution in [0.4, 0.5) is 13.2 Å². The molecule has 0 heterocycles. The van der Waals surface area contributed by atoms with E-state index < -0.39 is 23.2 Å². The lowest BCUT2D eigenvalue weighted by Crippen LogP contribution is -2.13. The number of hydrogen-bond donors (Lipinski definition) is 1. The summed E-state index contributed by atoms with van der Waals surface area (Å²) in [6.07, 6.45) is -4.47.